The predicted molar refractivity (Wildman–Crippen MR) is 147 cm³/mol. The Morgan fingerprint density at radius 3 is 2.39 bits per heavy atom. The van der Waals surface area contributed by atoms with Gasteiger partial charge in [0.15, 0.2) is 5.13 Å². The number of hydrogen-bond donors (Lipinski definition) is 3. The van der Waals surface area contributed by atoms with Crippen LogP contribution in [0.25, 0.3) is 0 Å². The van der Waals surface area contributed by atoms with Crippen LogP contribution in [0.1, 0.15) is 54.4 Å². The number of hydrogen-bond acceptors (Lipinski definition) is 7. The molecule has 38 heavy (non-hydrogen) atoms. The maximum atomic E-state index is 12.7. The van der Waals surface area contributed by atoms with Crippen LogP contribution in [0.3, 0.4) is 0 Å². The second-order valence-electron chi connectivity index (χ2n) is 9.16. The van der Waals surface area contributed by atoms with Gasteiger partial charge in [-0.25, -0.2) is 14.6 Å². The Morgan fingerprint density at radius 2 is 1.84 bits per heavy atom. The van der Waals surface area contributed by atoms with Gasteiger partial charge in [0.25, 0.3) is 5.91 Å². The molecule has 1 aliphatic heterocycles. The fourth-order valence-electron chi connectivity index (χ4n) is 4.76. The van der Waals surface area contributed by atoms with Crippen molar-refractivity contribution in [3.05, 3.63) is 67.4 Å². The predicted octanol–water partition coefficient (Wildman–Crippen LogP) is 3.77. The van der Waals surface area contributed by atoms with Crippen LogP contribution >= 0.6 is 34.5 Å². The first-order valence-corrected chi connectivity index (χ1v) is 13.3. The first-order chi connectivity index (χ1) is 17.7. The van der Waals surface area contributed by atoms with E-state index < -0.39 is 11.9 Å². The van der Waals surface area contributed by atoms with Crippen molar-refractivity contribution in [2.75, 3.05) is 24.6 Å². The summed E-state index contributed by atoms with van der Waals surface area (Å²) >= 11 is 13.6. The van der Waals surface area contributed by atoms with Crippen molar-refractivity contribution in [1.29, 1.82) is 0 Å². The number of aromatic nitrogens is 2. The molecule has 0 bridgehead atoms. The fraction of sp³-hybridized carbons (Fsp3) is 0.360. The molecule has 0 radical (unpaired) electrons. The third kappa shape index (κ3) is 5.47. The van der Waals surface area contributed by atoms with E-state index in [-0.39, 0.29) is 65.5 Å². The number of aromatic amines is 1. The van der Waals surface area contributed by atoms with Gasteiger partial charge in [0.05, 0.1) is 27.9 Å². The molecule has 3 N–H and O–H groups in total. The summed E-state index contributed by atoms with van der Waals surface area (Å²) in [6, 6.07) is 6.56. The number of carboxylic acids is 1. The molecular formula is C25H25Cl2LiN4O5S. The molecule has 1 saturated carbocycles. The number of esters is 1. The number of fused-ring (bicyclic) bond motifs is 1. The zero-order valence-electron chi connectivity index (χ0n) is 20.0. The monoisotopic (exact) mass is 570 g/mol. The normalized spacial score (nSPS) is 19.5. The average Bonchev–Trinajstić information content (AvgIpc) is 3.22. The molecule has 1 unspecified atom stereocenters. The molecule has 0 spiro atoms. The van der Waals surface area contributed by atoms with Crippen molar-refractivity contribution in [2.24, 2.45) is 11.8 Å². The van der Waals surface area contributed by atoms with E-state index in [4.69, 9.17) is 38.0 Å². The third-order valence-electron chi connectivity index (χ3n) is 6.76. The van der Waals surface area contributed by atoms with Crippen molar-refractivity contribution in [1.82, 2.24) is 15.3 Å². The van der Waals surface area contributed by atoms with Crippen molar-refractivity contribution >= 4 is 76.4 Å². The molecule has 2 fully saturated rings. The topological polar surface area (TPSA) is 125 Å². The van der Waals surface area contributed by atoms with Crippen LogP contribution in [-0.2, 0) is 11.2 Å². The number of aryl methyl sites for hydroxylation is 1. The van der Waals surface area contributed by atoms with Crippen molar-refractivity contribution in [2.45, 2.75) is 26.3 Å². The van der Waals surface area contributed by atoms with Crippen molar-refractivity contribution < 1.29 is 24.2 Å². The van der Waals surface area contributed by atoms with Crippen molar-refractivity contribution in [3.63, 3.8) is 0 Å². The van der Waals surface area contributed by atoms with Gasteiger partial charge in [-0.2, -0.15) is 0 Å². The number of carbonyl (C=O) groups is 3. The van der Waals surface area contributed by atoms with Gasteiger partial charge in [-0.1, -0.05) is 46.7 Å². The number of anilines is 1. The van der Waals surface area contributed by atoms with Crippen LogP contribution in [0.15, 0.2) is 24.3 Å². The van der Waals surface area contributed by atoms with E-state index in [2.05, 4.69) is 15.2 Å². The molecule has 2 aromatic heterocycles. The van der Waals surface area contributed by atoms with E-state index in [1.165, 1.54) is 23.5 Å². The molecule has 196 valence electrons. The molecule has 13 heteroatoms. The number of carboxylic acid groups (broad SMARTS) is 1. The number of piperidine rings is 1. The molecule has 9 nitrogen and oxygen atoms in total. The zero-order valence-corrected chi connectivity index (χ0v) is 22.3. The Morgan fingerprint density at radius 1 is 1.18 bits per heavy atom. The molecule has 3 aromatic rings. The average molecular weight is 571 g/mol. The molecule has 2 aliphatic rings. The third-order valence-corrected chi connectivity index (χ3v) is 8.85. The summed E-state index contributed by atoms with van der Waals surface area (Å²) in [6.07, 6.45) is 0.378. The van der Waals surface area contributed by atoms with Gasteiger partial charge >= 0.3 is 30.8 Å². The number of H-pyrrole nitrogens is 1. The van der Waals surface area contributed by atoms with Crippen LogP contribution < -0.4 is 10.2 Å². The van der Waals surface area contributed by atoms with E-state index in [1.807, 2.05) is 0 Å². The Balaban J connectivity index is 0.00000336. The zero-order chi connectivity index (χ0) is 26.4. The second-order valence-corrected chi connectivity index (χ2v) is 10.9. The number of nitrogens with zero attached hydrogens (tertiary/aromatic N) is 2. The molecule has 3 atom stereocenters. The number of aromatic carboxylic acids is 1. The van der Waals surface area contributed by atoms with Crippen LogP contribution in [0.2, 0.25) is 10.0 Å². The number of ether oxygens (including phenoxy) is 1. The molecule has 1 amide bonds. The van der Waals surface area contributed by atoms with Crippen molar-refractivity contribution in [3.8, 4) is 0 Å². The number of carbonyl (C=O) groups excluding carboxylic acids is 2. The number of nitrogens with one attached hydrogen (secondary N) is 2. The van der Waals surface area contributed by atoms with Gasteiger partial charge in [-0.3, -0.25) is 4.79 Å². The van der Waals surface area contributed by atoms with E-state index in [9.17, 15) is 14.4 Å². The Bertz CT molecular complexity index is 1380. The first kappa shape index (κ1) is 28.5. The fourth-order valence-corrected chi connectivity index (χ4v) is 6.17. The van der Waals surface area contributed by atoms with Crippen LogP contribution in [0, 0.1) is 18.8 Å². The number of thiazole rings is 1. The summed E-state index contributed by atoms with van der Waals surface area (Å²) in [5, 5.41) is 13.5. The van der Waals surface area contributed by atoms with Gasteiger partial charge in [-0.15, -0.1) is 0 Å². The summed E-state index contributed by atoms with van der Waals surface area (Å²) in [5.41, 5.74) is 2.56. The molecule has 5 rings (SSSR count). The Labute approximate surface area is 245 Å². The SMILES string of the molecule is CCOC(=O)c1sc(N2C[C@@H]3C(NC(=O)c4[nH]c(C)c(Cl)c4Cl)[C@@H]3C2)nc1Cc1ccc(C(=O)O)cc1.[LiH]. The number of halogens is 2. The van der Waals surface area contributed by atoms with Crippen LogP contribution in [-0.4, -0.2) is 77.5 Å². The molecule has 1 saturated heterocycles. The molecular weight excluding hydrogens is 546 g/mol. The van der Waals surface area contributed by atoms with Gasteiger partial charge in [0.2, 0.25) is 0 Å². The molecule has 1 aliphatic carbocycles. The summed E-state index contributed by atoms with van der Waals surface area (Å²) in [6.45, 7) is 5.17. The van der Waals surface area contributed by atoms with Crippen LogP contribution in [0.5, 0.6) is 0 Å². The van der Waals surface area contributed by atoms with E-state index in [1.54, 1.807) is 26.0 Å². The minimum absolute atomic E-state index is 0. The van der Waals surface area contributed by atoms with E-state index >= 15 is 0 Å². The Kier molecular flexibility index (Phi) is 8.50. The summed E-state index contributed by atoms with van der Waals surface area (Å²) in [7, 11) is 0. The minimum atomic E-state index is -0.994. The molecule has 3 heterocycles. The van der Waals surface area contributed by atoms with Gasteiger partial charge in [0.1, 0.15) is 10.6 Å². The standard InChI is InChI=1S/C25H24Cl2N4O5S.Li.H/c1-3-36-24(35)21-16(8-12-4-6-13(7-5-12)23(33)34)29-25(37-21)31-9-14-15(10-31)19(14)30-22(32)20-18(27)17(26)11(2)28-20;;/h4-7,14-15,19,28H,3,8-10H2,1-2H3,(H,30,32)(H,33,34);;/t14-,15+,19?;;. The van der Waals surface area contributed by atoms with Gasteiger partial charge < -0.3 is 25.0 Å². The summed E-state index contributed by atoms with van der Waals surface area (Å²) in [4.78, 5) is 46.7. The second kappa shape index (κ2) is 11.3. The first-order valence-electron chi connectivity index (χ1n) is 11.8. The van der Waals surface area contributed by atoms with E-state index in [0.717, 1.165) is 10.7 Å². The summed E-state index contributed by atoms with van der Waals surface area (Å²) in [5.74, 6) is -1.14. The molecule has 1 aromatic carbocycles. The maximum absolute atomic E-state index is 12.7. The number of amides is 1. The van der Waals surface area contributed by atoms with Crippen LogP contribution in [0.4, 0.5) is 5.13 Å². The number of benzene rings is 1. The summed E-state index contributed by atoms with van der Waals surface area (Å²) < 4.78 is 5.25. The Hall–Kier alpha value is -2.48. The van der Waals surface area contributed by atoms with E-state index in [0.29, 0.717) is 40.8 Å². The quantitative estimate of drug-likeness (QED) is 0.278. The number of rotatable bonds is 8. The van der Waals surface area contributed by atoms with Gasteiger partial charge in [-0.05, 0) is 31.5 Å². The van der Waals surface area contributed by atoms with Gasteiger partial charge in [0, 0.05) is 43.1 Å².